The number of nitrogens with one attached hydrogen (secondary N) is 1. The van der Waals surface area contributed by atoms with E-state index in [1.54, 1.807) is 0 Å². The van der Waals surface area contributed by atoms with Gasteiger partial charge in [-0.05, 0) is 38.3 Å². The smallest absolute Gasteiger partial charge is 0.0485 e. The minimum Gasteiger partial charge on any atom is -0.339 e. The van der Waals surface area contributed by atoms with Crippen molar-refractivity contribution in [1.29, 1.82) is 0 Å². The van der Waals surface area contributed by atoms with Crippen LogP contribution in [0, 0.1) is 0 Å². The Morgan fingerprint density at radius 3 is 2.67 bits per heavy atom. The molecule has 1 aromatic heterocycles. The molecule has 2 heteroatoms. The average Bonchev–Trinajstić information content (AvgIpc) is 2.65. The Hall–Kier alpha value is -1.54. The number of nitrogens with zero attached hydrogens (tertiary/aromatic N) is 1. The Morgan fingerprint density at radius 1 is 1.28 bits per heavy atom. The summed E-state index contributed by atoms with van der Waals surface area (Å²) in [7, 11) is 0. The van der Waals surface area contributed by atoms with E-state index in [4.69, 9.17) is 0 Å². The largest absolute Gasteiger partial charge is 0.339 e. The Kier molecular flexibility index (Phi) is 3.58. The maximum atomic E-state index is 3.85. The van der Waals surface area contributed by atoms with Gasteiger partial charge in [-0.15, -0.1) is 6.58 Å². The van der Waals surface area contributed by atoms with Crippen LogP contribution in [0.25, 0.3) is 10.9 Å². The number of hydrogen-bond donors (Lipinski definition) is 1. The topological polar surface area (TPSA) is 17.0 Å². The molecule has 0 fully saturated rings. The summed E-state index contributed by atoms with van der Waals surface area (Å²) >= 11 is 0. The van der Waals surface area contributed by atoms with E-state index in [2.05, 4.69) is 67.6 Å². The molecule has 0 spiro atoms. The van der Waals surface area contributed by atoms with Gasteiger partial charge in [0.15, 0.2) is 0 Å². The summed E-state index contributed by atoms with van der Waals surface area (Å²) in [6, 6.07) is 10.8. The number of para-hydroxylation sites is 1. The van der Waals surface area contributed by atoms with Gasteiger partial charge in [-0.2, -0.15) is 0 Å². The number of hydrogen-bond acceptors (Lipinski definition) is 1. The van der Waals surface area contributed by atoms with Crippen LogP contribution in [0.2, 0.25) is 0 Å². The number of benzene rings is 1. The summed E-state index contributed by atoms with van der Waals surface area (Å²) in [5, 5.41) is 4.84. The normalized spacial score (nSPS) is 11.9. The van der Waals surface area contributed by atoms with Crippen LogP contribution >= 0.6 is 0 Å². The molecule has 0 bridgehead atoms. The van der Waals surface area contributed by atoms with Crippen molar-refractivity contribution in [2.45, 2.75) is 39.4 Å². The van der Waals surface area contributed by atoms with Crippen LogP contribution in [0.3, 0.4) is 0 Å². The quantitative estimate of drug-likeness (QED) is 0.809. The summed E-state index contributed by atoms with van der Waals surface area (Å²) in [5.74, 6) is 0. The first-order valence-electron chi connectivity index (χ1n) is 6.44. The Bertz CT molecular complexity index is 544. The maximum Gasteiger partial charge on any atom is 0.0485 e. The molecule has 0 radical (unpaired) electrons. The predicted molar refractivity (Wildman–Crippen MR) is 78.7 cm³/mol. The van der Waals surface area contributed by atoms with E-state index < -0.39 is 0 Å². The van der Waals surface area contributed by atoms with E-state index >= 15 is 0 Å². The SMILES string of the molecule is C=CCn1c(CNC(C)(C)C)cc2ccccc21. The standard InChI is InChI=1S/C16H22N2/c1-5-10-18-14(12-17-16(2,3)4)11-13-8-6-7-9-15(13)18/h5-9,11,17H,1,10,12H2,2-4H3. The predicted octanol–water partition coefficient (Wildman–Crippen LogP) is 3.72. The summed E-state index contributed by atoms with van der Waals surface area (Å²) < 4.78 is 2.32. The zero-order valence-electron chi connectivity index (χ0n) is 11.5. The van der Waals surface area contributed by atoms with Crippen molar-refractivity contribution in [3.8, 4) is 0 Å². The van der Waals surface area contributed by atoms with Gasteiger partial charge < -0.3 is 9.88 Å². The molecule has 1 aromatic carbocycles. The fourth-order valence-electron chi connectivity index (χ4n) is 2.11. The first-order valence-corrected chi connectivity index (χ1v) is 6.44. The molecule has 0 atom stereocenters. The zero-order chi connectivity index (χ0) is 13.2. The molecular weight excluding hydrogens is 220 g/mol. The first-order chi connectivity index (χ1) is 8.51. The van der Waals surface area contributed by atoms with E-state index in [-0.39, 0.29) is 5.54 Å². The van der Waals surface area contributed by atoms with Gasteiger partial charge in [0.05, 0.1) is 0 Å². The van der Waals surface area contributed by atoms with Gasteiger partial charge in [-0.25, -0.2) is 0 Å². The highest BCUT2D eigenvalue weighted by atomic mass is 15.0. The van der Waals surface area contributed by atoms with Crippen molar-refractivity contribution < 1.29 is 0 Å². The fraction of sp³-hybridized carbons (Fsp3) is 0.375. The Morgan fingerprint density at radius 2 is 2.00 bits per heavy atom. The monoisotopic (exact) mass is 242 g/mol. The van der Waals surface area contributed by atoms with E-state index in [0.29, 0.717) is 0 Å². The molecule has 0 unspecified atom stereocenters. The van der Waals surface area contributed by atoms with Gasteiger partial charge in [0.25, 0.3) is 0 Å². The number of aromatic nitrogens is 1. The molecule has 0 aliphatic carbocycles. The Balaban J connectivity index is 2.36. The summed E-state index contributed by atoms with van der Waals surface area (Å²) in [6.45, 7) is 12.2. The molecule has 1 heterocycles. The molecule has 2 rings (SSSR count). The van der Waals surface area contributed by atoms with Crippen molar-refractivity contribution in [3.05, 3.63) is 48.7 Å². The molecule has 0 aliphatic rings. The fourth-order valence-corrected chi connectivity index (χ4v) is 2.11. The third-order valence-corrected chi connectivity index (χ3v) is 3.01. The maximum absolute atomic E-state index is 3.85. The molecule has 1 N–H and O–H groups in total. The van der Waals surface area contributed by atoms with Crippen LogP contribution in [0.5, 0.6) is 0 Å². The van der Waals surface area contributed by atoms with E-state index in [1.807, 2.05) is 6.08 Å². The Labute approximate surface area is 109 Å². The summed E-state index contributed by atoms with van der Waals surface area (Å²) in [5.41, 5.74) is 2.73. The molecule has 0 amide bonds. The molecule has 0 aliphatic heterocycles. The lowest BCUT2D eigenvalue weighted by molar-refractivity contribution is 0.417. The number of fused-ring (bicyclic) bond motifs is 1. The average molecular weight is 242 g/mol. The molecule has 96 valence electrons. The van der Waals surface area contributed by atoms with Crippen molar-refractivity contribution in [1.82, 2.24) is 9.88 Å². The molecular formula is C16H22N2. The van der Waals surface area contributed by atoms with Crippen LogP contribution in [-0.4, -0.2) is 10.1 Å². The highest BCUT2D eigenvalue weighted by molar-refractivity contribution is 5.81. The summed E-state index contributed by atoms with van der Waals surface area (Å²) in [4.78, 5) is 0. The van der Waals surface area contributed by atoms with Crippen molar-refractivity contribution in [3.63, 3.8) is 0 Å². The van der Waals surface area contributed by atoms with Crippen molar-refractivity contribution in [2.75, 3.05) is 0 Å². The lowest BCUT2D eigenvalue weighted by Crippen LogP contribution is -2.35. The zero-order valence-corrected chi connectivity index (χ0v) is 11.5. The minimum absolute atomic E-state index is 0.134. The van der Waals surface area contributed by atoms with Crippen LogP contribution in [0.4, 0.5) is 0 Å². The molecule has 0 saturated carbocycles. The van der Waals surface area contributed by atoms with Crippen molar-refractivity contribution >= 4 is 10.9 Å². The molecule has 2 nitrogen and oxygen atoms in total. The van der Waals surface area contributed by atoms with Gasteiger partial charge in [0, 0.05) is 29.8 Å². The van der Waals surface area contributed by atoms with Gasteiger partial charge >= 0.3 is 0 Å². The molecule has 0 saturated heterocycles. The van der Waals surface area contributed by atoms with Crippen molar-refractivity contribution in [2.24, 2.45) is 0 Å². The molecule has 2 aromatic rings. The first kappa shape index (κ1) is 12.9. The third-order valence-electron chi connectivity index (χ3n) is 3.01. The molecule has 18 heavy (non-hydrogen) atoms. The van der Waals surface area contributed by atoms with Crippen LogP contribution < -0.4 is 5.32 Å². The van der Waals surface area contributed by atoms with Crippen LogP contribution in [-0.2, 0) is 13.1 Å². The van der Waals surface area contributed by atoms with Crippen LogP contribution in [0.15, 0.2) is 43.0 Å². The minimum atomic E-state index is 0.134. The third kappa shape index (κ3) is 2.82. The number of allylic oxidation sites excluding steroid dienone is 1. The highest BCUT2D eigenvalue weighted by Crippen LogP contribution is 2.20. The number of rotatable bonds is 4. The van der Waals surface area contributed by atoms with E-state index in [1.165, 1.54) is 16.6 Å². The highest BCUT2D eigenvalue weighted by Gasteiger charge is 2.12. The lowest BCUT2D eigenvalue weighted by Gasteiger charge is -2.21. The van der Waals surface area contributed by atoms with Gasteiger partial charge in [-0.3, -0.25) is 0 Å². The lowest BCUT2D eigenvalue weighted by atomic mass is 10.1. The van der Waals surface area contributed by atoms with Gasteiger partial charge in [0.2, 0.25) is 0 Å². The van der Waals surface area contributed by atoms with E-state index in [0.717, 1.165) is 13.1 Å². The van der Waals surface area contributed by atoms with Gasteiger partial charge in [0.1, 0.15) is 0 Å². The summed E-state index contributed by atoms with van der Waals surface area (Å²) in [6.07, 6.45) is 1.95. The van der Waals surface area contributed by atoms with Gasteiger partial charge in [-0.1, -0.05) is 24.3 Å². The second-order valence-electron chi connectivity index (χ2n) is 5.70. The van der Waals surface area contributed by atoms with Crippen LogP contribution in [0.1, 0.15) is 26.5 Å². The second-order valence-corrected chi connectivity index (χ2v) is 5.70. The van der Waals surface area contributed by atoms with E-state index in [9.17, 15) is 0 Å². The second kappa shape index (κ2) is 4.99.